The molecule has 1 saturated heterocycles. The Bertz CT molecular complexity index is 1600. The Morgan fingerprint density at radius 3 is 2.70 bits per heavy atom. The molecular formula is C29H35N7O3S. The summed E-state index contributed by atoms with van der Waals surface area (Å²) < 4.78 is 1.71. The van der Waals surface area contributed by atoms with Crippen LogP contribution in [0, 0.1) is 12.8 Å². The molecule has 2 aliphatic carbocycles. The van der Waals surface area contributed by atoms with Gasteiger partial charge in [0.15, 0.2) is 0 Å². The number of thiophene rings is 1. The first-order chi connectivity index (χ1) is 19.3. The van der Waals surface area contributed by atoms with Gasteiger partial charge in [-0.05, 0) is 83.2 Å². The smallest absolute Gasteiger partial charge is 0.276 e. The van der Waals surface area contributed by atoms with Gasteiger partial charge in [-0.25, -0.2) is 9.97 Å². The van der Waals surface area contributed by atoms with Crippen LogP contribution in [0.2, 0.25) is 0 Å². The number of nitrogens with zero attached hydrogens (tertiary/aromatic N) is 5. The monoisotopic (exact) mass is 561 g/mol. The lowest BCUT2D eigenvalue weighted by Gasteiger charge is -2.44. The van der Waals surface area contributed by atoms with Gasteiger partial charge in [0, 0.05) is 29.9 Å². The molecule has 10 nitrogen and oxygen atoms in total. The van der Waals surface area contributed by atoms with Gasteiger partial charge >= 0.3 is 0 Å². The zero-order valence-corrected chi connectivity index (χ0v) is 24.1. The van der Waals surface area contributed by atoms with E-state index in [2.05, 4.69) is 39.6 Å². The Hall–Kier alpha value is -3.31. The van der Waals surface area contributed by atoms with E-state index < -0.39 is 5.66 Å². The highest BCUT2D eigenvalue weighted by atomic mass is 32.1. The highest BCUT2D eigenvalue weighted by molar-refractivity contribution is 7.19. The summed E-state index contributed by atoms with van der Waals surface area (Å²) in [5.74, 6) is 0.690. The predicted molar refractivity (Wildman–Crippen MR) is 154 cm³/mol. The van der Waals surface area contributed by atoms with Crippen molar-refractivity contribution in [2.75, 3.05) is 32.5 Å². The van der Waals surface area contributed by atoms with Crippen LogP contribution < -0.4 is 16.2 Å². The van der Waals surface area contributed by atoms with E-state index in [1.54, 1.807) is 22.0 Å². The van der Waals surface area contributed by atoms with Crippen LogP contribution >= 0.6 is 11.3 Å². The molecule has 0 radical (unpaired) electrons. The zero-order chi connectivity index (χ0) is 27.8. The summed E-state index contributed by atoms with van der Waals surface area (Å²) in [7, 11) is 4.12. The third kappa shape index (κ3) is 3.88. The topological polar surface area (TPSA) is 112 Å². The van der Waals surface area contributed by atoms with Crippen molar-refractivity contribution in [3.8, 4) is 0 Å². The maximum Gasteiger partial charge on any atom is 0.276 e. The molecule has 3 aromatic rings. The van der Waals surface area contributed by atoms with Gasteiger partial charge < -0.3 is 20.4 Å². The van der Waals surface area contributed by atoms with Crippen molar-refractivity contribution in [3.63, 3.8) is 0 Å². The number of nitrogens with one attached hydrogen (secondary N) is 2. The number of aryl methyl sites for hydroxylation is 2. The largest absolute Gasteiger partial charge is 0.339 e. The maximum absolute atomic E-state index is 13.9. The molecular weight excluding hydrogens is 526 g/mol. The lowest BCUT2D eigenvalue weighted by Crippen LogP contribution is -2.60. The van der Waals surface area contributed by atoms with Crippen LogP contribution in [0.25, 0.3) is 10.2 Å². The second-order valence-corrected chi connectivity index (χ2v) is 13.2. The van der Waals surface area contributed by atoms with E-state index in [0.717, 1.165) is 73.8 Å². The molecule has 0 aromatic carbocycles. The Morgan fingerprint density at radius 2 is 1.95 bits per heavy atom. The Balaban J connectivity index is 1.20. The fraction of sp³-hybridized carbons (Fsp3) is 0.552. The van der Waals surface area contributed by atoms with E-state index in [4.69, 9.17) is 0 Å². The SMILES string of the molecule is Cc1cc(Nc2ncnc3sc4c(c23)CC[C@H](C(=O)N2CC(N(C)C)C2)C4)c(=O)n2c1C(=O)NC21CCCCC1. The van der Waals surface area contributed by atoms with Crippen molar-refractivity contribution >= 4 is 44.9 Å². The van der Waals surface area contributed by atoms with Gasteiger partial charge in [0.25, 0.3) is 11.5 Å². The van der Waals surface area contributed by atoms with Crippen LogP contribution in [0.4, 0.5) is 11.5 Å². The van der Waals surface area contributed by atoms with Crippen LogP contribution in [0.5, 0.6) is 0 Å². The Morgan fingerprint density at radius 1 is 1.18 bits per heavy atom. The van der Waals surface area contributed by atoms with E-state index in [9.17, 15) is 14.4 Å². The highest BCUT2D eigenvalue weighted by Crippen LogP contribution is 2.42. The number of rotatable bonds is 4. The van der Waals surface area contributed by atoms with Crippen molar-refractivity contribution in [1.29, 1.82) is 0 Å². The van der Waals surface area contributed by atoms with Crippen molar-refractivity contribution in [2.24, 2.45) is 5.92 Å². The fourth-order valence-electron chi connectivity index (χ4n) is 7.10. The van der Waals surface area contributed by atoms with Gasteiger partial charge in [0.05, 0.1) is 5.39 Å². The number of aromatic nitrogens is 3. The molecule has 5 heterocycles. The number of fused-ring (bicyclic) bond motifs is 5. The van der Waals surface area contributed by atoms with Crippen molar-refractivity contribution in [1.82, 2.24) is 29.7 Å². The van der Waals surface area contributed by atoms with Gasteiger partial charge in [-0.1, -0.05) is 6.42 Å². The normalized spacial score (nSPS) is 21.9. The van der Waals surface area contributed by atoms with Crippen LogP contribution in [-0.2, 0) is 23.3 Å². The third-order valence-corrected chi connectivity index (χ3v) is 10.6. The number of hydrogen-bond acceptors (Lipinski definition) is 8. The Kier molecular flexibility index (Phi) is 6.01. The molecule has 0 unspecified atom stereocenters. The minimum Gasteiger partial charge on any atom is -0.339 e. The second kappa shape index (κ2) is 9.37. The number of likely N-dealkylation sites (N-methyl/N-ethyl adjacent to an activating group) is 1. The standard InChI is InChI=1S/C29H35N7O3S/c1-16-11-20(28(39)36-23(16)25(37)33-29(36)9-5-4-6-10-29)32-24-22-19-8-7-17(12-21(19)40-26(22)31-15-30-24)27(38)35-13-18(14-35)34(2)3/h11,15,17-18H,4-10,12-14H2,1-3H3,(H,33,37)(H,30,31,32)/t17-/m0/s1. The minimum absolute atomic E-state index is 0.00577. The van der Waals surface area contributed by atoms with Crippen molar-refractivity contribution in [2.45, 2.75) is 70.0 Å². The Labute approximate surface area is 236 Å². The molecule has 40 heavy (non-hydrogen) atoms. The molecule has 4 aliphatic rings. The van der Waals surface area contributed by atoms with E-state index in [0.29, 0.717) is 29.7 Å². The van der Waals surface area contributed by atoms with E-state index >= 15 is 0 Å². The molecule has 11 heteroatoms. The molecule has 1 atom stereocenters. The van der Waals surface area contributed by atoms with Gasteiger partial charge in [-0.2, -0.15) is 0 Å². The van der Waals surface area contributed by atoms with Crippen LogP contribution in [0.15, 0.2) is 17.2 Å². The number of carbonyl (C=O) groups is 2. The van der Waals surface area contributed by atoms with Crippen molar-refractivity contribution < 1.29 is 9.59 Å². The number of anilines is 2. The summed E-state index contributed by atoms with van der Waals surface area (Å²) in [6.45, 7) is 3.49. The summed E-state index contributed by atoms with van der Waals surface area (Å²) in [6, 6.07) is 2.22. The zero-order valence-electron chi connectivity index (χ0n) is 23.2. The van der Waals surface area contributed by atoms with Gasteiger partial charge in [0.2, 0.25) is 5.91 Å². The molecule has 7 rings (SSSR count). The molecule has 2 aliphatic heterocycles. The molecule has 2 N–H and O–H groups in total. The third-order valence-electron chi connectivity index (χ3n) is 9.41. The lowest BCUT2D eigenvalue weighted by molar-refractivity contribution is -0.142. The summed E-state index contributed by atoms with van der Waals surface area (Å²) >= 11 is 1.63. The first kappa shape index (κ1) is 25.6. The van der Waals surface area contributed by atoms with E-state index in [1.807, 2.05) is 11.8 Å². The highest BCUT2D eigenvalue weighted by Gasteiger charge is 2.45. The average molecular weight is 562 g/mol. The number of likely N-dealkylation sites (tertiary alicyclic amines) is 1. The molecule has 1 spiro atoms. The summed E-state index contributed by atoms with van der Waals surface area (Å²) in [5.41, 5.74) is 1.99. The summed E-state index contributed by atoms with van der Waals surface area (Å²) in [4.78, 5) is 55.4. The van der Waals surface area contributed by atoms with Crippen LogP contribution in [0.3, 0.4) is 0 Å². The number of amides is 2. The molecule has 3 aromatic heterocycles. The molecule has 2 amide bonds. The number of pyridine rings is 1. The van der Waals surface area contributed by atoms with Crippen LogP contribution in [-0.4, -0.2) is 69.4 Å². The van der Waals surface area contributed by atoms with Gasteiger partial charge in [-0.15, -0.1) is 11.3 Å². The number of hydrogen-bond donors (Lipinski definition) is 2. The van der Waals surface area contributed by atoms with Gasteiger partial charge in [0.1, 0.15) is 34.0 Å². The first-order valence-corrected chi connectivity index (χ1v) is 15.1. The first-order valence-electron chi connectivity index (χ1n) is 14.3. The average Bonchev–Trinajstić information content (AvgIpc) is 3.41. The summed E-state index contributed by atoms with van der Waals surface area (Å²) in [5, 5.41) is 7.44. The molecule has 0 bridgehead atoms. The van der Waals surface area contributed by atoms with Crippen LogP contribution in [0.1, 0.15) is 65.0 Å². The predicted octanol–water partition coefficient (Wildman–Crippen LogP) is 3.14. The molecule has 2 fully saturated rings. The lowest BCUT2D eigenvalue weighted by atomic mass is 9.86. The molecule has 210 valence electrons. The fourth-order valence-corrected chi connectivity index (χ4v) is 8.37. The summed E-state index contributed by atoms with van der Waals surface area (Å²) in [6.07, 6.45) is 8.42. The van der Waals surface area contributed by atoms with E-state index in [-0.39, 0.29) is 23.3 Å². The number of carbonyl (C=O) groups excluding carboxylic acids is 2. The van der Waals surface area contributed by atoms with Crippen molar-refractivity contribution in [3.05, 3.63) is 44.4 Å². The minimum atomic E-state index is -0.642. The maximum atomic E-state index is 13.9. The van der Waals surface area contributed by atoms with Gasteiger partial charge in [-0.3, -0.25) is 19.0 Å². The quantitative estimate of drug-likeness (QED) is 0.503. The molecule has 1 saturated carbocycles. The second-order valence-electron chi connectivity index (χ2n) is 12.1. The van der Waals surface area contributed by atoms with E-state index in [1.165, 1.54) is 16.8 Å².